The summed E-state index contributed by atoms with van der Waals surface area (Å²) >= 11 is 5.02. The van der Waals surface area contributed by atoms with Crippen molar-refractivity contribution in [1.29, 1.82) is 0 Å². The van der Waals surface area contributed by atoms with Crippen LogP contribution in [0.5, 0.6) is 5.75 Å². The molecule has 120 valence electrons. The predicted molar refractivity (Wildman–Crippen MR) is 91.0 cm³/mol. The van der Waals surface area contributed by atoms with Crippen molar-refractivity contribution in [3.05, 3.63) is 59.4 Å². The number of methoxy groups -OCH3 is 1. The molecule has 0 atom stereocenters. The highest BCUT2D eigenvalue weighted by Crippen LogP contribution is 2.19. The second-order valence-corrected chi connectivity index (χ2v) is 5.13. The Morgan fingerprint density at radius 2 is 1.91 bits per heavy atom. The van der Waals surface area contributed by atoms with Crippen molar-refractivity contribution < 1.29 is 13.9 Å². The number of ether oxygens (including phenoxy) is 1. The Labute approximate surface area is 138 Å². The lowest BCUT2D eigenvalue weighted by molar-refractivity contribution is 0.0941. The Balaban J connectivity index is 1.98. The van der Waals surface area contributed by atoms with Crippen LogP contribution in [0.25, 0.3) is 0 Å². The number of hydrogen-bond acceptors (Lipinski definition) is 3. The second kappa shape index (κ2) is 7.55. The maximum absolute atomic E-state index is 13.5. The quantitative estimate of drug-likeness (QED) is 0.595. The summed E-state index contributed by atoms with van der Waals surface area (Å²) in [4.78, 5) is 12.2. The van der Waals surface area contributed by atoms with Crippen LogP contribution in [0.1, 0.15) is 15.9 Å². The van der Waals surface area contributed by atoms with Crippen molar-refractivity contribution in [3.63, 3.8) is 0 Å². The highest BCUT2D eigenvalue weighted by molar-refractivity contribution is 7.80. The van der Waals surface area contributed by atoms with Gasteiger partial charge in [-0.15, -0.1) is 0 Å². The van der Waals surface area contributed by atoms with Crippen molar-refractivity contribution in [2.24, 2.45) is 0 Å². The van der Waals surface area contributed by atoms with E-state index in [1.807, 2.05) is 13.0 Å². The molecule has 23 heavy (non-hydrogen) atoms. The SMILES string of the molecule is COc1ccc(C)cc1C(=O)NNC(=S)Nc1ccccc1F. The zero-order chi connectivity index (χ0) is 16.8. The number of nitrogens with one attached hydrogen (secondary N) is 3. The summed E-state index contributed by atoms with van der Waals surface area (Å²) in [5.41, 5.74) is 6.48. The molecule has 5 nitrogen and oxygen atoms in total. The Bertz CT molecular complexity index is 737. The summed E-state index contributed by atoms with van der Waals surface area (Å²) in [5, 5.41) is 2.72. The van der Waals surface area contributed by atoms with Crippen LogP contribution >= 0.6 is 12.2 Å². The third kappa shape index (κ3) is 4.40. The van der Waals surface area contributed by atoms with Gasteiger partial charge in [-0.2, -0.15) is 0 Å². The number of thiocarbonyl (C=S) groups is 1. The highest BCUT2D eigenvalue weighted by atomic mass is 32.1. The van der Waals surface area contributed by atoms with Gasteiger partial charge in [0, 0.05) is 0 Å². The van der Waals surface area contributed by atoms with Crippen LogP contribution in [0, 0.1) is 12.7 Å². The molecule has 0 unspecified atom stereocenters. The molecule has 2 aromatic rings. The lowest BCUT2D eigenvalue weighted by Gasteiger charge is -2.13. The number of halogens is 1. The van der Waals surface area contributed by atoms with Crippen molar-refractivity contribution in [2.75, 3.05) is 12.4 Å². The number of para-hydroxylation sites is 1. The van der Waals surface area contributed by atoms with E-state index in [9.17, 15) is 9.18 Å². The van der Waals surface area contributed by atoms with Gasteiger partial charge in [-0.25, -0.2) is 4.39 Å². The number of amides is 1. The standard InChI is InChI=1S/C16H16FN3O2S/c1-10-7-8-14(22-2)11(9-10)15(21)19-20-16(23)18-13-6-4-3-5-12(13)17/h3-9H,1-2H3,(H,19,21)(H2,18,20,23). The van der Waals surface area contributed by atoms with Gasteiger partial charge in [0.2, 0.25) is 0 Å². The molecular formula is C16H16FN3O2S. The molecule has 2 aromatic carbocycles. The molecule has 0 saturated heterocycles. The molecule has 3 N–H and O–H groups in total. The van der Waals surface area contributed by atoms with Crippen LogP contribution in [0.4, 0.5) is 10.1 Å². The highest BCUT2D eigenvalue weighted by Gasteiger charge is 2.12. The first-order chi connectivity index (χ1) is 11.0. The van der Waals surface area contributed by atoms with Crippen molar-refractivity contribution in [1.82, 2.24) is 10.9 Å². The number of carbonyl (C=O) groups is 1. The molecule has 0 aliphatic heterocycles. The molecular weight excluding hydrogens is 317 g/mol. The topological polar surface area (TPSA) is 62.4 Å². The number of benzene rings is 2. The molecule has 0 radical (unpaired) electrons. The summed E-state index contributed by atoms with van der Waals surface area (Å²) in [7, 11) is 1.49. The number of carbonyl (C=O) groups excluding carboxylic acids is 1. The van der Waals surface area contributed by atoms with Gasteiger partial charge in [0.15, 0.2) is 5.11 Å². The normalized spacial score (nSPS) is 9.87. The molecule has 0 fully saturated rings. The molecule has 7 heteroatoms. The minimum atomic E-state index is -0.441. The summed E-state index contributed by atoms with van der Waals surface area (Å²) in [6.45, 7) is 1.87. The predicted octanol–water partition coefficient (Wildman–Crippen LogP) is 2.77. The summed E-state index contributed by atoms with van der Waals surface area (Å²) < 4.78 is 18.7. The van der Waals surface area contributed by atoms with Gasteiger partial charge in [0.1, 0.15) is 11.6 Å². The molecule has 0 heterocycles. The maximum atomic E-state index is 13.5. The number of rotatable bonds is 3. The van der Waals surface area contributed by atoms with Gasteiger partial charge < -0.3 is 10.1 Å². The van der Waals surface area contributed by atoms with E-state index in [0.29, 0.717) is 11.3 Å². The molecule has 1 amide bonds. The van der Waals surface area contributed by atoms with Crippen LogP contribution in [-0.4, -0.2) is 18.1 Å². The average molecular weight is 333 g/mol. The zero-order valence-electron chi connectivity index (χ0n) is 12.6. The van der Waals surface area contributed by atoms with Gasteiger partial charge >= 0.3 is 0 Å². The first-order valence-corrected chi connectivity index (χ1v) is 7.18. The minimum absolute atomic E-state index is 0.0649. The number of hydrazine groups is 1. The summed E-state index contributed by atoms with van der Waals surface area (Å²) in [5.74, 6) is -0.408. The van der Waals surface area contributed by atoms with E-state index < -0.39 is 11.7 Å². The van der Waals surface area contributed by atoms with Crippen LogP contribution in [0.15, 0.2) is 42.5 Å². The maximum Gasteiger partial charge on any atom is 0.273 e. The van der Waals surface area contributed by atoms with E-state index in [4.69, 9.17) is 17.0 Å². The molecule has 2 rings (SSSR count). The van der Waals surface area contributed by atoms with E-state index in [2.05, 4.69) is 16.2 Å². The van der Waals surface area contributed by atoms with Crippen LogP contribution in [0.3, 0.4) is 0 Å². The van der Waals surface area contributed by atoms with Crippen LogP contribution in [-0.2, 0) is 0 Å². The van der Waals surface area contributed by atoms with Crippen molar-refractivity contribution in [3.8, 4) is 5.75 Å². The van der Waals surface area contributed by atoms with E-state index in [0.717, 1.165) is 5.56 Å². The number of aryl methyl sites for hydroxylation is 1. The van der Waals surface area contributed by atoms with E-state index >= 15 is 0 Å². The molecule has 0 spiro atoms. The van der Waals surface area contributed by atoms with E-state index in [-0.39, 0.29) is 10.8 Å². The zero-order valence-corrected chi connectivity index (χ0v) is 13.5. The summed E-state index contributed by atoms with van der Waals surface area (Å²) in [6.07, 6.45) is 0. The molecule has 0 saturated carbocycles. The average Bonchev–Trinajstić information content (AvgIpc) is 2.54. The van der Waals surface area contributed by atoms with Crippen molar-refractivity contribution >= 4 is 28.9 Å². The second-order valence-electron chi connectivity index (χ2n) is 4.72. The smallest absolute Gasteiger partial charge is 0.273 e. The molecule has 0 aliphatic rings. The van der Waals surface area contributed by atoms with Crippen LogP contribution < -0.4 is 20.9 Å². The molecule has 0 aromatic heterocycles. The Morgan fingerprint density at radius 1 is 1.17 bits per heavy atom. The van der Waals surface area contributed by atoms with Gasteiger partial charge in [-0.1, -0.05) is 23.8 Å². The van der Waals surface area contributed by atoms with Gasteiger partial charge in [0.25, 0.3) is 5.91 Å². The van der Waals surface area contributed by atoms with Crippen LogP contribution in [0.2, 0.25) is 0 Å². The molecule has 0 bridgehead atoms. The number of anilines is 1. The lowest BCUT2D eigenvalue weighted by atomic mass is 10.1. The van der Waals surface area contributed by atoms with Crippen molar-refractivity contribution in [2.45, 2.75) is 6.92 Å². The first-order valence-electron chi connectivity index (χ1n) is 6.77. The fourth-order valence-corrected chi connectivity index (χ4v) is 2.06. The van der Waals surface area contributed by atoms with E-state index in [1.54, 1.807) is 24.3 Å². The Kier molecular flexibility index (Phi) is 5.48. The van der Waals surface area contributed by atoms with Gasteiger partial charge in [-0.3, -0.25) is 15.6 Å². The fourth-order valence-electron chi connectivity index (χ4n) is 1.90. The first kappa shape index (κ1) is 16.7. The fraction of sp³-hybridized carbons (Fsp3) is 0.125. The lowest BCUT2D eigenvalue weighted by Crippen LogP contribution is -2.44. The monoisotopic (exact) mass is 333 g/mol. The third-order valence-corrected chi connectivity index (χ3v) is 3.22. The Morgan fingerprint density at radius 3 is 2.61 bits per heavy atom. The largest absolute Gasteiger partial charge is 0.496 e. The Hall–Kier alpha value is -2.67. The van der Waals surface area contributed by atoms with Gasteiger partial charge in [-0.05, 0) is 43.4 Å². The molecule has 0 aliphatic carbocycles. The number of hydrogen-bond donors (Lipinski definition) is 3. The minimum Gasteiger partial charge on any atom is -0.496 e. The third-order valence-electron chi connectivity index (χ3n) is 3.01. The summed E-state index contributed by atoms with van der Waals surface area (Å²) in [6, 6.07) is 11.3. The van der Waals surface area contributed by atoms with E-state index in [1.165, 1.54) is 19.2 Å². The van der Waals surface area contributed by atoms with Gasteiger partial charge in [0.05, 0.1) is 18.4 Å².